The maximum atomic E-state index is 15.6. The lowest BCUT2D eigenvalue weighted by Crippen LogP contribution is -2.28. The van der Waals surface area contributed by atoms with Gasteiger partial charge >= 0.3 is 0 Å². The summed E-state index contributed by atoms with van der Waals surface area (Å²) >= 11 is 3.83. The van der Waals surface area contributed by atoms with Crippen molar-refractivity contribution in [3.05, 3.63) is 151 Å². The van der Waals surface area contributed by atoms with Gasteiger partial charge in [0.2, 0.25) is 0 Å². The van der Waals surface area contributed by atoms with Gasteiger partial charge in [0.1, 0.15) is 0 Å². The largest absolute Gasteiger partial charge is 0.282 e. The number of hydrogen-bond donors (Lipinski definition) is 0. The Morgan fingerprint density at radius 1 is 0.390 bits per heavy atom. The molecule has 12 rings (SSSR count). The minimum absolute atomic E-state index is 0.0891. The molecule has 2 aliphatic carbocycles. The Morgan fingerprint density at radius 2 is 0.793 bits per heavy atom. The zero-order valence-electron chi connectivity index (χ0n) is 50.6. The molecule has 6 heteroatoms. The highest BCUT2D eigenvalue weighted by Gasteiger charge is 2.52. The van der Waals surface area contributed by atoms with Gasteiger partial charge in [-0.3, -0.25) is 19.4 Å². The zero-order valence-corrected chi connectivity index (χ0v) is 52.2. The molecule has 0 saturated heterocycles. The molecule has 0 spiro atoms. The van der Waals surface area contributed by atoms with Crippen molar-refractivity contribution in [3.63, 3.8) is 0 Å². The van der Waals surface area contributed by atoms with Crippen LogP contribution in [0.2, 0.25) is 0 Å². The van der Waals surface area contributed by atoms with Crippen LogP contribution < -0.4 is 0 Å². The maximum Gasteiger partial charge on any atom is 0.265 e. The van der Waals surface area contributed by atoms with E-state index in [1.54, 1.807) is 0 Å². The van der Waals surface area contributed by atoms with Crippen molar-refractivity contribution in [2.45, 2.75) is 232 Å². The van der Waals surface area contributed by atoms with Crippen LogP contribution in [-0.4, -0.2) is 21.6 Å². The monoisotopic (exact) mass is 1130 g/mol. The van der Waals surface area contributed by atoms with Crippen LogP contribution in [0.15, 0.2) is 96.3 Å². The minimum Gasteiger partial charge on any atom is -0.282 e. The van der Waals surface area contributed by atoms with E-state index in [-0.39, 0.29) is 22.6 Å². The van der Waals surface area contributed by atoms with E-state index in [1.165, 1.54) is 229 Å². The molecule has 4 aromatic carbocycles. The molecular formula is C76H90N2O2S2. The summed E-state index contributed by atoms with van der Waals surface area (Å²) in [5.74, 6) is -0.178. The highest BCUT2D eigenvalue weighted by molar-refractivity contribution is 7.29. The number of benzene rings is 4. The van der Waals surface area contributed by atoms with Crippen LogP contribution in [0.5, 0.6) is 0 Å². The fourth-order valence-corrected chi connectivity index (χ4v) is 18.1. The second-order valence-electron chi connectivity index (χ2n) is 25.6. The average Bonchev–Trinajstić information content (AvgIpc) is 2.45. The Kier molecular flexibility index (Phi) is 17.0. The van der Waals surface area contributed by atoms with Gasteiger partial charge in [-0.1, -0.05) is 218 Å². The Hall–Kier alpha value is -5.56. The van der Waals surface area contributed by atoms with E-state index < -0.39 is 0 Å². The van der Waals surface area contributed by atoms with Gasteiger partial charge in [0, 0.05) is 53.5 Å². The van der Waals surface area contributed by atoms with E-state index in [9.17, 15) is 0 Å². The number of amides is 2. The second-order valence-corrected chi connectivity index (χ2v) is 28.0. The molecule has 0 unspecified atom stereocenters. The normalized spacial score (nSPS) is 16.3. The van der Waals surface area contributed by atoms with Crippen LogP contribution in [-0.2, 0) is 20.4 Å². The second kappa shape index (κ2) is 24.6. The van der Waals surface area contributed by atoms with Crippen LogP contribution in [0, 0.1) is 13.8 Å². The first kappa shape index (κ1) is 56.9. The summed E-state index contributed by atoms with van der Waals surface area (Å²) in [6.07, 6.45) is 42.9. The van der Waals surface area contributed by atoms with Gasteiger partial charge in [-0.2, -0.15) is 0 Å². The summed E-state index contributed by atoms with van der Waals surface area (Å²) in [4.78, 5) is 37.5. The molecule has 0 radical (unpaired) electrons. The highest BCUT2D eigenvalue weighted by Crippen LogP contribution is 2.60. The van der Waals surface area contributed by atoms with Crippen LogP contribution >= 0.6 is 22.7 Å². The summed E-state index contributed by atoms with van der Waals surface area (Å²) in [5.41, 5.74) is 20.4. The standard InChI is InChI=1S/C76H90N2O2S2/c1-7-11-15-19-23-27-37-75(38-28-24-20-16-12-8-2)62-43-51(5)31-33-56(62)60-45-53-35-41-77-71(58(53)48-64(60)75)69-70(74(77)80)72-59-49-65-61(46-54(59)36-42-78(72)73(69)79)57-34-32-55(66-50-68-67(82-66)44-52(6)81-68)47-63(57)76(65,39-29-25-21-17-13-9-3)40-30-26-22-18-14-10-4/h31-36,41-50H,7-30,37-40H2,1-6H3. The molecule has 0 fully saturated rings. The summed E-state index contributed by atoms with van der Waals surface area (Å²) in [5, 5.41) is 0. The predicted octanol–water partition coefficient (Wildman–Crippen LogP) is 22.6. The molecule has 4 nitrogen and oxygen atoms in total. The average molecular weight is 1130 g/mol. The van der Waals surface area contributed by atoms with Gasteiger partial charge in [0.15, 0.2) is 0 Å². The lowest BCUT2D eigenvalue weighted by atomic mass is 9.69. The van der Waals surface area contributed by atoms with E-state index in [0.717, 1.165) is 59.3 Å². The van der Waals surface area contributed by atoms with Crippen molar-refractivity contribution < 1.29 is 9.59 Å². The first-order chi connectivity index (χ1) is 40.1. The van der Waals surface area contributed by atoms with E-state index in [1.807, 2.05) is 44.9 Å². The Morgan fingerprint density at radius 3 is 1.24 bits per heavy atom. The first-order valence-corrected chi connectivity index (χ1v) is 34.4. The number of rotatable bonds is 29. The number of hydrogen-bond acceptors (Lipinski definition) is 4. The van der Waals surface area contributed by atoms with Crippen molar-refractivity contribution in [2.24, 2.45) is 0 Å². The van der Waals surface area contributed by atoms with Crippen LogP contribution in [0.4, 0.5) is 0 Å². The van der Waals surface area contributed by atoms with Gasteiger partial charge in [-0.15, -0.1) is 22.7 Å². The lowest BCUT2D eigenvalue weighted by Gasteiger charge is -2.34. The molecule has 0 N–H and O–H groups in total. The van der Waals surface area contributed by atoms with Gasteiger partial charge in [0.25, 0.3) is 11.8 Å². The van der Waals surface area contributed by atoms with Crippen molar-refractivity contribution in [3.8, 4) is 32.7 Å². The number of fused-ring (bicyclic) bond motifs is 14. The van der Waals surface area contributed by atoms with E-state index in [2.05, 4.69) is 126 Å². The Balaban J connectivity index is 0.978. The summed E-state index contributed by atoms with van der Waals surface area (Å²) < 4.78 is 2.76. The molecule has 4 aliphatic heterocycles. The first-order valence-electron chi connectivity index (χ1n) is 32.8. The smallest absolute Gasteiger partial charge is 0.265 e. The number of carbonyl (C=O) groups excluding carboxylic acids is 2. The fraction of sp³-hybridized carbons (Fsp3) is 0.474. The van der Waals surface area contributed by atoms with Crippen molar-refractivity contribution in [1.82, 2.24) is 9.80 Å². The molecular weight excluding hydrogens is 1040 g/mol. The molecule has 428 valence electrons. The molecule has 0 saturated carbocycles. The van der Waals surface area contributed by atoms with Crippen molar-refractivity contribution >= 4 is 67.4 Å². The topological polar surface area (TPSA) is 40.6 Å². The summed E-state index contributed by atoms with van der Waals surface area (Å²) in [6, 6.07) is 29.2. The number of thiophene rings is 2. The molecule has 2 aromatic heterocycles. The molecule has 0 atom stereocenters. The lowest BCUT2D eigenvalue weighted by molar-refractivity contribution is -0.122. The molecule has 2 amide bonds. The predicted molar refractivity (Wildman–Crippen MR) is 351 cm³/mol. The molecule has 82 heavy (non-hydrogen) atoms. The third-order valence-electron chi connectivity index (χ3n) is 20.0. The Labute approximate surface area is 499 Å². The third-order valence-corrected chi connectivity index (χ3v) is 22.3. The van der Waals surface area contributed by atoms with Crippen molar-refractivity contribution in [2.75, 3.05) is 0 Å². The van der Waals surface area contributed by atoms with Crippen molar-refractivity contribution in [1.29, 1.82) is 0 Å². The van der Waals surface area contributed by atoms with Crippen LogP contribution in [0.1, 0.15) is 262 Å². The fourth-order valence-electron chi connectivity index (χ4n) is 15.8. The highest BCUT2D eigenvalue weighted by atomic mass is 32.1. The summed E-state index contributed by atoms with van der Waals surface area (Å²) in [6.45, 7) is 13.7. The quantitative estimate of drug-likeness (QED) is 0.0439. The number of unbranched alkanes of at least 4 members (excludes halogenated alkanes) is 20. The van der Waals surface area contributed by atoms with Crippen LogP contribution in [0.3, 0.4) is 0 Å². The van der Waals surface area contributed by atoms with Gasteiger partial charge in [-0.05, 0) is 155 Å². The van der Waals surface area contributed by atoms with E-state index in [0.29, 0.717) is 11.1 Å². The molecule has 6 heterocycles. The van der Waals surface area contributed by atoms with Gasteiger partial charge < -0.3 is 0 Å². The maximum absolute atomic E-state index is 15.6. The molecule has 6 aromatic rings. The minimum atomic E-state index is -0.190. The SMILES string of the molecule is CCCCCCCCC1(CCCCCCCC)c2cc(C)ccc2-c2cc3c(cc21)C1=C2C(=O)N4C=Cc5cc6c(cc5C4=C2C(=O)N1C=C3)C(CCCCCCCC)(CCCCCCCC)c1cc(-c2cc3sc(C)cc3s2)ccc1-6. The van der Waals surface area contributed by atoms with E-state index >= 15 is 9.59 Å². The van der Waals surface area contributed by atoms with Gasteiger partial charge in [0.05, 0.1) is 22.5 Å². The molecule has 0 bridgehead atoms. The molecule has 6 aliphatic rings. The van der Waals surface area contributed by atoms with Gasteiger partial charge in [-0.25, -0.2) is 0 Å². The van der Waals surface area contributed by atoms with Crippen LogP contribution in [0.25, 0.3) is 65.6 Å². The number of aryl methyl sites for hydroxylation is 2. The Bertz CT molecular complexity index is 3470. The van der Waals surface area contributed by atoms with E-state index in [4.69, 9.17) is 0 Å². The number of nitrogens with zero attached hydrogens (tertiary/aromatic N) is 2. The zero-order chi connectivity index (χ0) is 56.5. The summed E-state index contributed by atoms with van der Waals surface area (Å²) in [7, 11) is 0. The number of carbonyl (C=O) groups is 2. The third kappa shape index (κ3) is 10.2.